The molecule has 0 saturated carbocycles. The largest absolute Gasteiger partial charge is 0.231 e. The quantitative estimate of drug-likeness (QED) is 0.391. The number of benzene rings is 2. The van der Waals surface area contributed by atoms with Gasteiger partial charge in [0.25, 0.3) is 0 Å². The zero-order chi connectivity index (χ0) is 18.5. The van der Waals surface area contributed by atoms with Crippen molar-refractivity contribution in [1.82, 2.24) is 0 Å². The molecule has 0 saturated heterocycles. The molecule has 0 aliphatic rings. The van der Waals surface area contributed by atoms with E-state index in [9.17, 15) is 16.8 Å². The number of aryl methyl sites for hydroxylation is 1. The first-order valence-corrected chi connectivity index (χ1v) is 12.7. The summed E-state index contributed by atoms with van der Waals surface area (Å²) >= 11 is 4.29. The van der Waals surface area contributed by atoms with Crippen molar-refractivity contribution < 1.29 is 16.8 Å². The van der Waals surface area contributed by atoms with Gasteiger partial charge in [0.15, 0.2) is 14.9 Å². The number of halogens is 2. The van der Waals surface area contributed by atoms with Crippen LogP contribution in [0, 0.1) is 18.3 Å². The molecule has 0 heterocycles. The van der Waals surface area contributed by atoms with E-state index >= 15 is 0 Å². The molecule has 0 N–H and O–H groups in total. The average Bonchev–Trinajstić information content (AvgIpc) is 2.53. The first-order chi connectivity index (χ1) is 11.7. The standard InChI is InChI=1S/C17H14I2O4S2/c18-16-5-1-14(2-6-16)9-11-24(20,21)13-25(22,23)12-10-15-3-7-17(19)8-4-15/h1-8H,9,11,13H2. The summed E-state index contributed by atoms with van der Waals surface area (Å²) < 4.78 is 50.2. The molecule has 132 valence electrons. The van der Waals surface area contributed by atoms with Crippen LogP contribution in [0.1, 0.15) is 11.1 Å². The van der Waals surface area contributed by atoms with Gasteiger partial charge in [0, 0.05) is 18.0 Å². The predicted molar refractivity (Wildman–Crippen MR) is 116 cm³/mol. The van der Waals surface area contributed by atoms with E-state index in [1.54, 1.807) is 24.3 Å². The smallest absolute Gasteiger partial charge is 0.228 e. The third-order valence-electron chi connectivity index (χ3n) is 3.14. The summed E-state index contributed by atoms with van der Waals surface area (Å²) in [6, 6.07) is 14.4. The number of hydrogen-bond donors (Lipinski definition) is 0. The zero-order valence-corrected chi connectivity index (χ0v) is 18.9. The molecule has 0 aliphatic carbocycles. The highest BCUT2D eigenvalue weighted by Gasteiger charge is 2.20. The van der Waals surface area contributed by atoms with Crippen molar-refractivity contribution in [3.05, 3.63) is 66.8 Å². The van der Waals surface area contributed by atoms with Gasteiger partial charge in [-0.15, -0.1) is 0 Å². The molecular formula is C17H14I2O4S2. The lowest BCUT2D eigenvalue weighted by Gasteiger charge is -2.03. The highest BCUT2D eigenvalue weighted by molar-refractivity contribution is 14.1. The van der Waals surface area contributed by atoms with Gasteiger partial charge in [0.1, 0.15) is 0 Å². The highest BCUT2D eigenvalue weighted by atomic mass is 127. The number of sulfone groups is 2. The van der Waals surface area contributed by atoms with Crippen molar-refractivity contribution in [3.63, 3.8) is 0 Å². The van der Waals surface area contributed by atoms with Crippen LogP contribution >= 0.6 is 45.2 Å². The van der Waals surface area contributed by atoms with Gasteiger partial charge in [-0.1, -0.05) is 12.1 Å². The molecule has 0 radical (unpaired) electrons. The van der Waals surface area contributed by atoms with Crippen LogP contribution in [0.3, 0.4) is 0 Å². The Balaban J connectivity index is 2.03. The molecule has 0 bridgehead atoms. The maximum absolute atomic E-state index is 12.1. The van der Waals surface area contributed by atoms with Gasteiger partial charge in [-0.05, 0) is 99.5 Å². The molecule has 0 atom stereocenters. The van der Waals surface area contributed by atoms with Crippen molar-refractivity contribution in [1.29, 1.82) is 0 Å². The van der Waals surface area contributed by atoms with Gasteiger partial charge < -0.3 is 0 Å². The van der Waals surface area contributed by atoms with Crippen LogP contribution in [0.2, 0.25) is 0 Å². The summed E-state index contributed by atoms with van der Waals surface area (Å²) in [5.74, 6) is 2.28. The fourth-order valence-electron chi connectivity index (χ4n) is 1.92. The maximum atomic E-state index is 12.1. The molecule has 0 unspecified atom stereocenters. The predicted octanol–water partition coefficient (Wildman–Crippen LogP) is 3.23. The Bertz CT molecular complexity index is 999. The summed E-state index contributed by atoms with van der Waals surface area (Å²) in [4.78, 5) is 0. The van der Waals surface area contributed by atoms with E-state index in [0.717, 1.165) is 12.7 Å². The molecule has 4 nitrogen and oxygen atoms in total. The van der Waals surface area contributed by atoms with Crippen molar-refractivity contribution in [2.75, 3.05) is 10.8 Å². The third kappa shape index (κ3) is 7.64. The minimum absolute atomic E-state index is 0.224. The molecule has 2 aromatic rings. The lowest BCUT2D eigenvalue weighted by atomic mass is 10.2. The average molecular weight is 600 g/mol. The van der Waals surface area contributed by atoms with Crippen molar-refractivity contribution in [2.45, 2.75) is 6.42 Å². The normalized spacial score (nSPS) is 11.6. The van der Waals surface area contributed by atoms with Crippen LogP contribution in [0.25, 0.3) is 0 Å². The lowest BCUT2D eigenvalue weighted by Crippen LogP contribution is -2.19. The maximum Gasteiger partial charge on any atom is 0.231 e. The molecule has 0 aromatic heterocycles. The molecule has 2 rings (SSSR count). The summed E-state index contributed by atoms with van der Waals surface area (Å²) in [7, 11) is -7.76. The summed E-state index contributed by atoms with van der Waals surface area (Å²) in [6.45, 7) is 0. The van der Waals surface area contributed by atoms with Crippen LogP contribution in [0.5, 0.6) is 0 Å². The Kier molecular flexibility index (Phi) is 7.30. The topological polar surface area (TPSA) is 68.3 Å². The monoisotopic (exact) mass is 600 g/mol. The molecular weight excluding hydrogens is 586 g/mol. The summed E-state index contributed by atoms with van der Waals surface area (Å²) in [5, 5.41) is 1.14. The van der Waals surface area contributed by atoms with Gasteiger partial charge in [-0.25, -0.2) is 16.8 Å². The van der Waals surface area contributed by atoms with E-state index in [2.05, 4.69) is 56.4 Å². The second-order valence-electron chi connectivity index (χ2n) is 5.29. The summed E-state index contributed by atoms with van der Waals surface area (Å²) in [5.41, 5.74) is 1.38. The highest BCUT2D eigenvalue weighted by Crippen LogP contribution is 2.10. The molecule has 0 spiro atoms. The van der Waals surface area contributed by atoms with Crippen LogP contribution in [0.15, 0.2) is 48.5 Å². The van der Waals surface area contributed by atoms with E-state index in [-0.39, 0.29) is 12.2 Å². The van der Waals surface area contributed by atoms with Gasteiger partial charge in [0.2, 0.25) is 9.84 Å². The first kappa shape index (κ1) is 20.7. The molecule has 0 aliphatic heterocycles. The van der Waals surface area contributed by atoms with Crippen molar-refractivity contribution in [2.24, 2.45) is 0 Å². The van der Waals surface area contributed by atoms with Gasteiger partial charge in [0.05, 0.1) is 5.75 Å². The molecule has 2 aromatic carbocycles. The van der Waals surface area contributed by atoms with Crippen LogP contribution < -0.4 is 0 Å². The van der Waals surface area contributed by atoms with E-state index in [0.29, 0.717) is 5.56 Å². The lowest BCUT2D eigenvalue weighted by molar-refractivity contribution is 0.593. The van der Waals surface area contributed by atoms with Gasteiger partial charge in [-0.2, -0.15) is 0 Å². The van der Waals surface area contributed by atoms with E-state index < -0.39 is 24.8 Å². The third-order valence-corrected chi connectivity index (χ3v) is 8.50. The van der Waals surface area contributed by atoms with Crippen LogP contribution in [-0.4, -0.2) is 27.7 Å². The van der Waals surface area contributed by atoms with Gasteiger partial charge >= 0.3 is 0 Å². The second-order valence-corrected chi connectivity index (χ2v) is 12.1. The Hall–Kier alpha value is -0.640. The SMILES string of the molecule is O=S(=O)(C#Cc1ccc(I)cc1)CS(=O)(=O)CCc1ccc(I)cc1. The Morgan fingerprint density at radius 2 is 1.32 bits per heavy atom. The van der Waals surface area contributed by atoms with Crippen molar-refractivity contribution in [3.8, 4) is 11.2 Å². The number of rotatable bonds is 5. The summed E-state index contributed by atoms with van der Waals surface area (Å²) in [6.07, 6.45) is 0.277. The van der Waals surface area contributed by atoms with Crippen LogP contribution in [0.4, 0.5) is 0 Å². The Morgan fingerprint density at radius 3 is 1.88 bits per heavy atom. The van der Waals surface area contributed by atoms with Crippen LogP contribution in [-0.2, 0) is 26.1 Å². The minimum atomic E-state index is -4.01. The fraction of sp³-hybridized carbons (Fsp3) is 0.176. The Labute approximate surface area is 175 Å². The van der Waals surface area contributed by atoms with Crippen molar-refractivity contribution >= 4 is 64.9 Å². The van der Waals surface area contributed by atoms with E-state index in [1.807, 2.05) is 24.3 Å². The second kappa shape index (κ2) is 8.83. The Morgan fingerprint density at radius 1 is 0.800 bits per heavy atom. The minimum Gasteiger partial charge on any atom is -0.228 e. The van der Waals surface area contributed by atoms with E-state index in [1.165, 1.54) is 0 Å². The molecule has 0 amide bonds. The molecule has 8 heteroatoms. The zero-order valence-electron chi connectivity index (χ0n) is 12.9. The van der Waals surface area contributed by atoms with Gasteiger partial charge in [-0.3, -0.25) is 0 Å². The molecule has 0 fully saturated rings. The fourth-order valence-corrected chi connectivity index (χ4v) is 6.06. The molecule has 25 heavy (non-hydrogen) atoms. The van der Waals surface area contributed by atoms with E-state index in [4.69, 9.17) is 0 Å². The first-order valence-electron chi connectivity index (χ1n) is 7.11. The number of hydrogen-bond acceptors (Lipinski definition) is 4.